The second-order valence-corrected chi connectivity index (χ2v) is 5.39. The van der Waals surface area contributed by atoms with Crippen LogP contribution >= 0.6 is 27.5 Å². The summed E-state index contributed by atoms with van der Waals surface area (Å²) < 4.78 is 0.771. The van der Waals surface area contributed by atoms with E-state index in [1.54, 1.807) is 12.3 Å². The normalized spacial score (nSPS) is 11.5. The van der Waals surface area contributed by atoms with Crippen molar-refractivity contribution in [3.05, 3.63) is 27.5 Å². The highest BCUT2D eigenvalue weighted by Crippen LogP contribution is 2.26. The molecule has 0 unspecified atom stereocenters. The molecule has 0 fully saturated rings. The Bertz CT molecular complexity index is 371. The Morgan fingerprint density at radius 1 is 1.50 bits per heavy atom. The summed E-state index contributed by atoms with van der Waals surface area (Å²) in [6.07, 6.45) is 1.57. The summed E-state index contributed by atoms with van der Waals surface area (Å²) in [6.45, 7) is 5.53. The highest BCUT2D eigenvalue weighted by atomic mass is 79.9. The van der Waals surface area contributed by atoms with Gasteiger partial charge < -0.3 is 0 Å². The van der Waals surface area contributed by atoms with Gasteiger partial charge in [-0.2, -0.15) is 0 Å². The summed E-state index contributed by atoms with van der Waals surface area (Å²) in [6, 6.07) is 1.67. The molecule has 1 aromatic heterocycles. The Labute approximate surface area is 96.8 Å². The van der Waals surface area contributed by atoms with E-state index in [2.05, 4.69) is 20.9 Å². The molecule has 1 rings (SSSR count). The molecule has 1 aromatic rings. The van der Waals surface area contributed by atoms with Gasteiger partial charge in [-0.15, -0.1) is 0 Å². The maximum atomic E-state index is 11.8. The molecule has 0 aromatic carbocycles. The highest BCUT2D eigenvalue weighted by molar-refractivity contribution is 9.10. The average Bonchev–Trinajstić information content (AvgIpc) is 2.01. The molecule has 0 amide bonds. The second kappa shape index (κ2) is 3.99. The number of hydrogen-bond acceptors (Lipinski definition) is 2. The van der Waals surface area contributed by atoms with E-state index in [1.165, 1.54) is 0 Å². The summed E-state index contributed by atoms with van der Waals surface area (Å²) in [7, 11) is 0. The Hall–Kier alpha value is -0.410. The van der Waals surface area contributed by atoms with Crippen molar-refractivity contribution in [3.8, 4) is 0 Å². The van der Waals surface area contributed by atoms with Crippen molar-refractivity contribution in [2.45, 2.75) is 20.8 Å². The number of Topliss-reactive ketones (excluding diaryl/α,β-unsaturated/α-hetero) is 1. The molecule has 0 aliphatic carbocycles. The van der Waals surface area contributed by atoms with E-state index in [9.17, 15) is 4.79 Å². The summed E-state index contributed by atoms with van der Waals surface area (Å²) in [5.74, 6) is -0.0463. The zero-order valence-electron chi connectivity index (χ0n) is 8.27. The smallest absolute Gasteiger partial charge is 0.187 e. The van der Waals surface area contributed by atoms with Crippen LogP contribution < -0.4 is 0 Å². The molecular formula is C10H11BrClNO. The van der Waals surface area contributed by atoms with Gasteiger partial charge in [0.05, 0.1) is 5.02 Å². The molecule has 0 spiro atoms. The molecule has 14 heavy (non-hydrogen) atoms. The number of rotatable bonds is 1. The van der Waals surface area contributed by atoms with E-state index in [0.717, 1.165) is 4.47 Å². The number of aromatic nitrogens is 1. The molecule has 0 atom stereocenters. The molecular weight excluding hydrogens is 265 g/mol. The van der Waals surface area contributed by atoms with E-state index in [4.69, 9.17) is 11.6 Å². The molecule has 0 saturated heterocycles. The van der Waals surface area contributed by atoms with Crippen molar-refractivity contribution in [2.75, 3.05) is 0 Å². The molecule has 4 heteroatoms. The van der Waals surface area contributed by atoms with Gasteiger partial charge in [0, 0.05) is 16.1 Å². The number of nitrogens with zero attached hydrogens (tertiary/aromatic N) is 1. The molecule has 0 saturated carbocycles. The van der Waals surface area contributed by atoms with Crippen molar-refractivity contribution in [2.24, 2.45) is 5.41 Å². The van der Waals surface area contributed by atoms with Gasteiger partial charge >= 0.3 is 0 Å². The lowest BCUT2D eigenvalue weighted by molar-refractivity contribution is 0.0853. The molecule has 1 heterocycles. The molecule has 76 valence electrons. The monoisotopic (exact) mass is 275 g/mol. The van der Waals surface area contributed by atoms with E-state index in [-0.39, 0.29) is 5.78 Å². The summed E-state index contributed by atoms with van der Waals surface area (Å²) in [5, 5.41) is 0.388. The first-order valence-corrected chi connectivity index (χ1v) is 5.35. The Morgan fingerprint density at radius 2 is 2.07 bits per heavy atom. The third-order valence-corrected chi connectivity index (χ3v) is 2.43. The summed E-state index contributed by atoms with van der Waals surface area (Å²) in [4.78, 5) is 15.9. The van der Waals surface area contributed by atoms with Crippen molar-refractivity contribution >= 4 is 33.3 Å². The van der Waals surface area contributed by atoms with E-state index in [0.29, 0.717) is 10.7 Å². The predicted octanol–water partition coefficient (Wildman–Crippen LogP) is 3.73. The van der Waals surface area contributed by atoms with Gasteiger partial charge in [-0.05, 0) is 22.0 Å². The predicted molar refractivity (Wildman–Crippen MR) is 60.7 cm³/mol. The minimum absolute atomic E-state index is 0.0463. The van der Waals surface area contributed by atoms with Crippen molar-refractivity contribution in [1.82, 2.24) is 4.98 Å². The topological polar surface area (TPSA) is 30.0 Å². The fourth-order valence-electron chi connectivity index (χ4n) is 0.937. The third kappa shape index (κ3) is 2.55. The standard InChI is InChI=1S/C10H11BrClNO/c1-10(2,3)9(14)8-7(12)4-6(11)5-13-8/h4-5H,1-3H3. The van der Waals surface area contributed by atoms with Crippen LogP contribution in [0.3, 0.4) is 0 Å². The quantitative estimate of drug-likeness (QED) is 0.732. The van der Waals surface area contributed by atoms with Gasteiger partial charge in [0.15, 0.2) is 5.78 Å². The second-order valence-electron chi connectivity index (χ2n) is 4.06. The fraction of sp³-hybridized carbons (Fsp3) is 0.400. The lowest BCUT2D eigenvalue weighted by Gasteiger charge is -2.16. The van der Waals surface area contributed by atoms with Crippen LogP contribution in [0, 0.1) is 5.41 Å². The number of carbonyl (C=O) groups is 1. The minimum Gasteiger partial charge on any atom is -0.292 e. The number of pyridine rings is 1. The van der Waals surface area contributed by atoms with E-state index < -0.39 is 5.41 Å². The maximum absolute atomic E-state index is 11.8. The van der Waals surface area contributed by atoms with Gasteiger partial charge in [-0.25, -0.2) is 0 Å². The van der Waals surface area contributed by atoms with Crippen LogP contribution in [0.1, 0.15) is 31.3 Å². The Kier molecular flexibility index (Phi) is 3.32. The van der Waals surface area contributed by atoms with Crippen molar-refractivity contribution in [1.29, 1.82) is 0 Å². The SMILES string of the molecule is CC(C)(C)C(=O)c1ncc(Br)cc1Cl. The van der Waals surface area contributed by atoms with Crippen LogP contribution in [0.15, 0.2) is 16.7 Å². The van der Waals surface area contributed by atoms with Crippen LogP contribution in [0.25, 0.3) is 0 Å². The van der Waals surface area contributed by atoms with Crippen molar-refractivity contribution in [3.63, 3.8) is 0 Å². The summed E-state index contributed by atoms with van der Waals surface area (Å²) >= 11 is 9.15. The molecule has 2 nitrogen and oxygen atoms in total. The van der Waals surface area contributed by atoms with Gasteiger partial charge in [-0.1, -0.05) is 32.4 Å². The van der Waals surface area contributed by atoms with Crippen molar-refractivity contribution < 1.29 is 4.79 Å². The maximum Gasteiger partial charge on any atom is 0.187 e. The number of carbonyl (C=O) groups excluding carboxylic acids is 1. The van der Waals surface area contributed by atoms with E-state index in [1.807, 2.05) is 20.8 Å². The molecule has 0 bridgehead atoms. The fourth-order valence-corrected chi connectivity index (χ4v) is 1.65. The molecule has 0 N–H and O–H groups in total. The third-order valence-electron chi connectivity index (χ3n) is 1.70. The zero-order valence-corrected chi connectivity index (χ0v) is 10.6. The van der Waals surface area contributed by atoms with Crippen LogP contribution in [0.4, 0.5) is 0 Å². The van der Waals surface area contributed by atoms with Crippen LogP contribution in [0.5, 0.6) is 0 Å². The van der Waals surface area contributed by atoms with Gasteiger partial charge in [0.2, 0.25) is 0 Å². The van der Waals surface area contributed by atoms with E-state index >= 15 is 0 Å². The number of halogens is 2. The Balaban J connectivity index is 3.15. The van der Waals surface area contributed by atoms with Crippen LogP contribution in [0.2, 0.25) is 5.02 Å². The average molecular weight is 277 g/mol. The summed E-state index contributed by atoms with van der Waals surface area (Å²) in [5.41, 5.74) is -0.118. The minimum atomic E-state index is -0.454. The molecule has 0 aliphatic rings. The molecule has 0 aliphatic heterocycles. The first-order chi connectivity index (χ1) is 6.32. The first kappa shape index (κ1) is 11.7. The number of ketones is 1. The van der Waals surface area contributed by atoms with Gasteiger partial charge in [0.1, 0.15) is 5.69 Å². The van der Waals surface area contributed by atoms with Crippen LogP contribution in [-0.2, 0) is 0 Å². The molecule has 0 radical (unpaired) electrons. The highest BCUT2D eigenvalue weighted by Gasteiger charge is 2.25. The number of hydrogen-bond donors (Lipinski definition) is 0. The van der Waals surface area contributed by atoms with Gasteiger partial charge in [0.25, 0.3) is 0 Å². The Morgan fingerprint density at radius 3 is 2.50 bits per heavy atom. The largest absolute Gasteiger partial charge is 0.292 e. The van der Waals surface area contributed by atoms with Gasteiger partial charge in [-0.3, -0.25) is 9.78 Å². The lowest BCUT2D eigenvalue weighted by Crippen LogP contribution is -2.21. The van der Waals surface area contributed by atoms with Crippen LogP contribution in [-0.4, -0.2) is 10.8 Å². The lowest BCUT2D eigenvalue weighted by atomic mass is 9.89. The zero-order chi connectivity index (χ0) is 10.9. The first-order valence-electron chi connectivity index (χ1n) is 4.18.